The van der Waals surface area contributed by atoms with E-state index in [-0.39, 0.29) is 6.10 Å². The number of hydrogen-bond acceptors (Lipinski definition) is 4. The standard InChI is InChI=1S/C14H20ClN3O/c1-2-11(10-18-14-16-8-5-9-17-14)19-13-7-4-3-6-12(13)15/h3-4,6-7,11H,2,5,8-10H2,1H3,(H2,16,17,18). The second-order valence-corrected chi connectivity index (χ2v) is 4.88. The Morgan fingerprint density at radius 1 is 1.47 bits per heavy atom. The van der Waals surface area contributed by atoms with Gasteiger partial charge in [0.05, 0.1) is 11.6 Å². The monoisotopic (exact) mass is 281 g/mol. The number of halogens is 1. The zero-order valence-electron chi connectivity index (χ0n) is 11.2. The summed E-state index contributed by atoms with van der Waals surface area (Å²) in [5.41, 5.74) is 0. The van der Waals surface area contributed by atoms with Crippen molar-refractivity contribution in [2.24, 2.45) is 4.99 Å². The van der Waals surface area contributed by atoms with Crippen molar-refractivity contribution in [2.75, 3.05) is 19.6 Å². The van der Waals surface area contributed by atoms with Crippen molar-refractivity contribution in [1.82, 2.24) is 10.6 Å². The van der Waals surface area contributed by atoms with Crippen LogP contribution in [-0.4, -0.2) is 31.7 Å². The molecule has 0 amide bonds. The molecule has 2 rings (SSSR count). The third-order valence-electron chi connectivity index (χ3n) is 2.98. The predicted octanol–water partition coefficient (Wildman–Crippen LogP) is 2.44. The van der Waals surface area contributed by atoms with E-state index in [9.17, 15) is 0 Å². The lowest BCUT2D eigenvalue weighted by Gasteiger charge is -2.21. The molecular weight excluding hydrogens is 262 g/mol. The van der Waals surface area contributed by atoms with Gasteiger partial charge in [0.25, 0.3) is 0 Å². The van der Waals surface area contributed by atoms with Gasteiger partial charge in [-0.15, -0.1) is 0 Å². The number of benzene rings is 1. The minimum absolute atomic E-state index is 0.0753. The number of hydrogen-bond donors (Lipinski definition) is 2. The molecule has 1 aromatic carbocycles. The molecule has 104 valence electrons. The lowest BCUT2D eigenvalue weighted by atomic mass is 10.2. The van der Waals surface area contributed by atoms with Crippen LogP contribution in [0.15, 0.2) is 29.3 Å². The summed E-state index contributed by atoms with van der Waals surface area (Å²) in [5, 5.41) is 7.16. The van der Waals surface area contributed by atoms with Crippen LogP contribution in [0.1, 0.15) is 19.8 Å². The number of ether oxygens (including phenoxy) is 1. The van der Waals surface area contributed by atoms with Gasteiger partial charge in [-0.05, 0) is 25.0 Å². The van der Waals surface area contributed by atoms with Gasteiger partial charge in [-0.2, -0.15) is 0 Å². The summed E-state index contributed by atoms with van der Waals surface area (Å²) in [5.74, 6) is 1.60. The summed E-state index contributed by atoms with van der Waals surface area (Å²) in [6, 6.07) is 7.55. The molecule has 19 heavy (non-hydrogen) atoms. The SMILES string of the molecule is CCC(CNC1=NCCCN1)Oc1ccccc1Cl. The number of nitrogens with zero attached hydrogens (tertiary/aromatic N) is 1. The molecule has 0 radical (unpaired) electrons. The Balaban J connectivity index is 1.86. The summed E-state index contributed by atoms with van der Waals surface area (Å²) in [6.45, 7) is 4.68. The van der Waals surface area contributed by atoms with E-state index in [1.807, 2.05) is 24.3 Å². The van der Waals surface area contributed by atoms with Crippen molar-refractivity contribution in [3.05, 3.63) is 29.3 Å². The smallest absolute Gasteiger partial charge is 0.191 e. The number of guanidine groups is 1. The van der Waals surface area contributed by atoms with Crippen LogP contribution < -0.4 is 15.4 Å². The number of para-hydroxylation sites is 1. The van der Waals surface area contributed by atoms with Crippen LogP contribution in [0.3, 0.4) is 0 Å². The minimum Gasteiger partial charge on any atom is -0.487 e. The molecular formula is C14H20ClN3O. The molecule has 1 aliphatic heterocycles. The van der Waals surface area contributed by atoms with E-state index in [1.54, 1.807) is 0 Å². The molecule has 0 spiro atoms. The Morgan fingerprint density at radius 3 is 3.00 bits per heavy atom. The van der Waals surface area contributed by atoms with Crippen LogP contribution in [0.4, 0.5) is 0 Å². The molecule has 0 aromatic heterocycles. The van der Waals surface area contributed by atoms with Crippen molar-refractivity contribution in [3.63, 3.8) is 0 Å². The summed E-state index contributed by atoms with van der Waals surface area (Å²) in [6.07, 6.45) is 2.08. The van der Waals surface area contributed by atoms with E-state index in [4.69, 9.17) is 16.3 Å². The molecule has 0 saturated carbocycles. The second-order valence-electron chi connectivity index (χ2n) is 4.47. The molecule has 1 atom stereocenters. The van der Waals surface area contributed by atoms with Gasteiger partial charge >= 0.3 is 0 Å². The van der Waals surface area contributed by atoms with Gasteiger partial charge in [0.2, 0.25) is 0 Å². The first-order chi connectivity index (χ1) is 9.29. The Bertz CT molecular complexity index is 436. The fourth-order valence-electron chi connectivity index (χ4n) is 1.85. The average Bonchev–Trinajstić information content (AvgIpc) is 2.46. The van der Waals surface area contributed by atoms with Gasteiger partial charge < -0.3 is 15.4 Å². The fraction of sp³-hybridized carbons (Fsp3) is 0.500. The van der Waals surface area contributed by atoms with Crippen molar-refractivity contribution in [2.45, 2.75) is 25.9 Å². The molecule has 1 aliphatic rings. The van der Waals surface area contributed by atoms with E-state index in [1.165, 1.54) is 0 Å². The highest BCUT2D eigenvalue weighted by Gasteiger charge is 2.12. The van der Waals surface area contributed by atoms with E-state index in [2.05, 4.69) is 22.5 Å². The molecule has 0 bridgehead atoms. The van der Waals surface area contributed by atoms with Crippen LogP contribution in [0, 0.1) is 0 Å². The first-order valence-electron chi connectivity index (χ1n) is 6.73. The Morgan fingerprint density at radius 2 is 2.32 bits per heavy atom. The molecule has 0 fully saturated rings. The predicted molar refractivity (Wildman–Crippen MR) is 79.1 cm³/mol. The van der Waals surface area contributed by atoms with Crippen LogP contribution in [0.2, 0.25) is 5.02 Å². The maximum Gasteiger partial charge on any atom is 0.191 e. The van der Waals surface area contributed by atoms with E-state index in [0.29, 0.717) is 11.6 Å². The Hall–Kier alpha value is -1.42. The number of aliphatic imine (C=N–C) groups is 1. The third kappa shape index (κ3) is 4.31. The van der Waals surface area contributed by atoms with Gasteiger partial charge in [-0.25, -0.2) is 0 Å². The normalized spacial score (nSPS) is 16.2. The molecule has 1 unspecified atom stereocenters. The molecule has 0 saturated heterocycles. The van der Waals surface area contributed by atoms with Crippen LogP contribution in [0.25, 0.3) is 0 Å². The molecule has 1 heterocycles. The quantitative estimate of drug-likeness (QED) is 0.871. The van der Waals surface area contributed by atoms with Gasteiger partial charge in [-0.1, -0.05) is 30.7 Å². The molecule has 0 aliphatic carbocycles. The van der Waals surface area contributed by atoms with Gasteiger partial charge in [0.15, 0.2) is 5.96 Å². The van der Waals surface area contributed by atoms with Crippen molar-refractivity contribution >= 4 is 17.6 Å². The van der Waals surface area contributed by atoms with Crippen molar-refractivity contribution < 1.29 is 4.74 Å². The largest absolute Gasteiger partial charge is 0.487 e. The highest BCUT2D eigenvalue weighted by molar-refractivity contribution is 6.32. The van der Waals surface area contributed by atoms with E-state index >= 15 is 0 Å². The molecule has 2 N–H and O–H groups in total. The molecule has 5 heteroatoms. The van der Waals surface area contributed by atoms with E-state index in [0.717, 1.165) is 37.6 Å². The fourth-order valence-corrected chi connectivity index (χ4v) is 2.03. The maximum absolute atomic E-state index is 6.09. The lowest BCUT2D eigenvalue weighted by molar-refractivity contribution is 0.199. The van der Waals surface area contributed by atoms with Crippen LogP contribution in [0.5, 0.6) is 5.75 Å². The summed E-state index contributed by atoms with van der Waals surface area (Å²) in [7, 11) is 0. The zero-order valence-corrected chi connectivity index (χ0v) is 11.9. The average molecular weight is 282 g/mol. The first kappa shape index (κ1) is 14.0. The Labute approximate surface area is 119 Å². The Kier molecular flexibility index (Phi) is 5.33. The van der Waals surface area contributed by atoms with Gasteiger partial charge in [-0.3, -0.25) is 4.99 Å². The minimum atomic E-state index is 0.0753. The highest BCUT2D eigenvalue weighted by atomic mass is 35.5. The van der Waals surface area contributed by atoms with Crippen molar-refractivity contribution in [3.8, 4) is 5.75 Å². The topological polar surface area (TPSA) is 45.7 Å². The summed E-state index contributed by atoms with van der Waals surface area (Å²) in [4.78, 5) is 4.37. The molecule has 1 aromatic rings. The summed E-state index contributed by atoms with van der Waals surface area (Å²) >= 11 is 6.09. The van der Waals surface area contributed by atoms with Gasteiger partial charge in [0, 0.05) is 13.1 Å². The van der Waals surface area contributed by atoms with Crippen molar-refractivity contribution in [1.29, 1.82) is 0 Å². The maximum atomic E-state index is 6.09. The van der Waals surface area contributed by atoms with Crippen LogP contribution in [-0.2, 0) is 0 Å². The summed E-state index contributed by atoms with van der Waals surface area (Å²) < 4.78 is 5.91. The number of rotatable bonds is 5. The zero-order chi connectivity index (χ0) is 13.5. The number of nitrogens with one attached hydrogen (secondary N) is 2. The van der Waals surface area contributed by atoms with Gasteiger partial charge in [0.1, 0.15) is 11.9 Å². The first-order valence-corrected chi connectivity index (χ1v) is 7.10. The lowest BCUT2D eigenvalue weighted by Crippen LogP contribution is -2.44. The van der Waals surface area contributed by atoms with E-state index < -0.39 is 0 Å². The second kappa shape index (κ2) is 7.24. The van der Waals surface area contributed by atoms with Crippen LogP contribution >= 0.6 is 11.6 Å². The highest BCUT2D eigenvalue weighted by Crippen LogP contribution is 2.24. The molecule has 4 nitrogen and oxygen atoms in total. The third-order valence-corrected chi connectivity index (χ3v) is 3.29.